The Morgan fingerprint density at radius 2 is 2.14 bits per heavy atom. The quantitative estimate of drug-likeness (QED) is 0.663. The van der Waals surface area contributed by atoms with Gasteiger partial charge in [0, 0.05) is 12.6 Å². The number of urea groups is 1. The predicted molar refractivity (Wildman–Crippen MR) is 52.9 cm³/mol. The lowest BCUT2D eigenvalue weighted by Gasteiger charge is -2.38. The van der Waals surface area contributed by atoms with Crippen molar-refractivity contribution < 1.29 is 9.53 Å². The van der Waals surface area contributed by atoms with Crippen LogP contribution in [0.2, 0.25) is 0 Å². The summed E-state index contributed by atoms with van der Waals surface area (Å²) in [6, 6.07) is -0.190. The zero-order chi connectivity index (χ0) is 10.0. The van der Waals surface area contributed by atoms with Crippen LogP contribution in [0.5, 0.6) is 0 Å². The van der Waals surface area contributed by atoms with Gasteiger partial charge in [0.05, 0.1) is 5.60 Å². The van der Waals surface area contributed by atoms with E-state index in [-0.39, 0.29) is 11.6 Å². The van der Waals surface area contributed by atoms with Crippen LogP contribution < -0.4 is 11.1 Å². The van der Waals surface area contributed by atoms with Gasteiger partial charge in [-0.2, -0.15) is 0 Å². The average molecular weight is 198 g/mol. The van der Waals surface area contributed by atoms with Crippen molar-refractivity contribution in [2.45, 2.75) is 50.2 Å². The zero-order valence-electron chi connectivity index (χ0n) is 8.42. The molecule has 0 aromatic rings. The smallest absolute Gasteiger partial charge is 0.312 e. The third kappa shape index (κ3) is 2.00. The molecule has 0 aromatic heterocycles. The Hall–Kier alpha value is -0.770. The summed E-state index contributed by atoms with van der Waals surface area (Å²) in [6.45, 7) is 0.755. The van der Waals surface area contributed by atoms with E-state index in [1.54, 1.807) is 0 Å². The van der Waals surface area contributed by atoms with Gasteiger partial charge in [-0.25, -0.2) is 4.79 Å². The van der Waals surface area contributed by atoms with Gasteiger partial charge in [0.15, 0.2) is 0 Å². The summed E-state index contributed by atoms with van der Waals surface area (Å²) in [5.41, 5.74) is 5.18. The molecule has 14 heavy (non-hydrogen) atoms. The molecule has 2 rings (SSSR count). The van der Waals surface area contributed by atoms with Crippen LogP contribution in [0, 0.1) is 0 Å². The fourth-order valence-electron chi connectivity index (χ4n) is 2.72. The van der Waals surface area contributed by atoms with Gasteiger partial charge < -0.3 is 15.8 Å². The maximum atomic E-state index is 10.7. The van der Waals surface area contributed by atoms with Crippen LogP contribution in [0.25, 0.3) is 0 Å². The first-order chi connectivity index (χ1) is 6.70. The molecule has 80 valence electrons. The molecule has 1 atom stereocenters. The van der Waals surface area contributed by atoms with Gasteiger partial charge in [-0.05, 0) is 25.7 Å². The molecule has 1 aliphatic carbocycles. The SMILES string of the molecule is NC(=O)NC1CCOC2(CCCC2)C1. The van der Waals surface area contributed by atoms with E-state index < -0.39 is 6.03 Å². The van der Waals surface area contributed by atoms with Crippen LogP contribution in [0.15, 0.2) is 0 Å². The van der Waals surface area contributed by atoms with Crippen LogP contribution in [0.3, 0.4) is 0 Å². The van der Waals surface area contributed by atoms with E-state index in [2.05, 4.69) is 5.32 Å². The summed E-state index contributed by atoms with van der Waals surface area (Å²) in [6.07, 6.45) is 6.63. The molecule has 1 saturated carbocycles. The third-order valence-corrected chi connectivity index (χ3v) is 3.35. The minimum Gasteiger partial charge on any atom is -0.375 e. The largest absolute Gasteiger partial charge is 0.375 e. The number of nitrogens with two attached hydrogens (primary N) is 1. The first-order valence-corrected chi connectivity index (χ1v) is 5.40. The lowest BCUT2D eigenvalue weighted by molar-refractivity contribution is -0.0819. The monoisotopic (exact) mass is 198 g/mol. The summed E-state index contributed by atoms with van der Waals surface area (Å²) < 4.78 is 5.85. The van der Waals surface area contributed by atoms with Crippen molar-refractivity contribution >= 4 is 6.03 Å². The summed E-state index contributed by atoms with van der Waals surface area (Å²) in [5.74, 6) is 0. The van der Waals surface area contributed by atoms with Crippen molar-refractivity contribution in [1.29, 1.82) is 0 Å². The molecule has 0 aromatic carbocycles. The summed E-state index contributed by atoms with van der Waals surface area (Å²) in [5, 5.41) is 2.79. The van der Waals surface area contributed by atoms with Gasteiger partial charge >= 0.3 is 6.03 Å². The molecular weight excluding hydrogens is 180 g/mol. The number of ether oxygens (including phenoxy) is 1. The second-order valence-corrected chi connectivity index (χ2v) is 4.44. The highest BCUT2D eigenvalue weighted by Crippen LogP contribution is 2.39. The minimum absolute atomic E-state index is 0.0609. The molecule has 1 unspecified atom stereocenters. The predicted octanol–water partition coefficient (Wildman–Crippen LogP) is 1.15. The fraction of sp³-hybridized carbons (Fsp3) is 0.900. The molecule has 1 spiro atoms. The summed E-state index contributed by atoms with van der Waals surface area (Å²) in [4.78, 5) is 10.7. The topological polar surface area (TPSA) is 64.4 Å². The number of hydrogen-bond donors (Lipinski definition) is 2. The van der Waals surface area contributed by atoms with Crippen molar-refractivity contribution in [1.82, 2.24) is 5.32 Å². The van der Waals surface area contributed by atoms with Crippen molar-refractivity contribution in [2.75, 3.05) is 6.61 Å². The molecule has 0 radical (unpaired) electrons. The number of primary amides is 1. The van der Waals surface area contributed by atoms with E-state index in [4.69, 9.17) is 10.5 Å². The first-order valence-electron chi connectivity index (χ1n) is 5.40. The number of carbonyl (C=O) groups is 1. The first kappa shape index (κ1) is 9.77. The Balaban J connectivity index is 1.93. The highest BCUT2D eigenvalue weighted by atomic mass is 16.5. The fourth-order valence-corrected chi connectivity index (χ4v) is 2.72. The number of nitrogens with one attached hydrogen (secondary N) is 1. The number of amides is 2. The Kier molecular flexibility index (Phi) is 2.63. The molecule has 4 nitrogen and oxygen atoms in total. The van der Waals surface area contributed by atoms with Crippen molar-refractivity contribution in [3.63, 3.8) is 0 Å². The van der Waals surface area contributed by atoms with E-state index in [1.807, 2.05) is 0 Å². The molecule has 0 bridgehead atoms. The normalized spacial score (nSPS) is 30.4. The number of hydrogen-bond acceptors (Lipinski definition) is 2. The molecule has 2 fully saturated rings. The lowest BCUT2D eigenvalue weighted by Crippen LogP contribution is -2.48. The molecule has 1 saturated heterocycles. The molecule has 1 aliphatic heterocycles. The summed E-state index contributed by atoms with van der Waals surface area (Å²) >= 11 is 0. The van der Waals surface area contributed by atoms with Crippen LogP contribution in [0.4, 0.5) is 4.79 Å². The second kappa shape index (κ2) is 3.77. The highest BCUT2D eigenvalue weighted by molar-refractivity contribution is 5.71. The zero-order valence-corrected chi connectivity index (χ0v) is 8.42. The van der Waals surface area contributed by atoms with E-state index in [9.17, 15) is 4.79 Å². The van der Waals surface area contributed by atoms with Gasteiger partial charge in [0.25, 0.3) is 0 Å². The van der Waals surface area contributed by atoms with Crippen molar-refractivity contribution in [2.24, 2.45) is 5.73 Å². The van der Waals surface area contributed by atoms with Crippen molar-refractivity contribution in [3.8, 4) is 0 Å². The van der Waals surface area contributed by atoms with Gasteiger partial charge in [-0.1, -0.05) is 12.8 Å². The molecular formula is C10H18N2O2. The molecule has 2 amide bonds. The Bertz CT molecular complexity index is 224. The average Bonchev–Trinajstić information content (AvgIpc) is 2.52. The van der Waals surface area contributed by atoms with Gasteiger partial charge in [0.1, 0.15) is 0 Å². The lowest BCUT2D eigenvalue weighted by atomic mass is 9.89. The van der Waals surface area contributed by atoms with E-state index >= 15 is 0 Å². The van der Waals surface area contributed by atoms with Gasteiger partial charge in [-0.3, -0.25) is 0 Å². The second-order valence-electron chi connectivity index (χ2n) is 4.44. The van der Waals surface area contributed by atoms with Crippen LogP contribution in [-0.2, 0) is 4.74 Å². The molecule has 1 heterocycles. The molecule has 2 aliphatic rings. The molecule has 3 N–H and O–H groups in total. The Morgan fingerprint density at radius 3 is 2.79 bits per heavy atom. The van der Waals surface area contributed by atoms with E-state index in [0.717, 1.165) is 32.3 Å². The van der Waals surface area contributed by atoms with Gasteiger partial charge in [-0.15, -0.1) is 0 Å². The molecule has 4 heteroatoms. The highest BCUT2D eigenvalue weighted by Gasteiger charge is 2.40. The number of rotatable bonds is 1. The minimum atomic E-state index is -0.412. The van der Waals surface area contributed by atoms with Gasteiger partial charge in [0.2, 0.25) is 0 Å². The van der Waals surface area contributed by atoms with Crippen LogP contribution in [-0.4, -0.2) is 24.3 Å². The Labute approximate surface area is 84.2 Å². The van der Waals surface area contributed by atoms with E-state index in [1.165, 1.54) is 12.8 Å². The number of carbonyl (C=O) groups excluding carboxylic acids is 1. The third-order valence-electron chi connectivity index (χ3n) is 3.35. The summed E-state index contributed by atoms with van der Waals surface area (Å²) in [7, 11) is 0. The van der Waals surface area contributed by atoms with Crippen LogP contribution >= 0.6 is 0 Å². The van der Waals surface area contributed by atoms with E-state index in [0.29, 0.717) is 0 Å². The maximum Gasteiger partial charge on any atom is 0.312 e. The van der Waals surface area contributed by atoms with Crippen molar-refractivity contribution in [3.05, 3.63) is 0 Å². The maximum absolute atomic E-state index is 10.7. The standard InChI is InChI=1S/C10H18N2O2/c11-9(13)12-8-3-6-14-10(7-8)4-1-2-5-10/h8H,1-7H2,(H3,11,12,13). The Morgan fingerprint density at radius 1 is 1.43 bits per heavy atom. The van der Waals surface area contributed by atoms with Crippen LogP contribution in [0.1, 0.15) is 38.5 Å².